The Morgan fingerprint density at radius 1 is 1.25 bits per heavy atom. The lowest BCUT2D eigenvalue weighted by atomic mass is 10.2. The van der Waals surface area contributed by atoms with Crippen molar-refractivity contribution >= 4 is 21.6 Å². The number of sulfonamides is 1. The van der Waals surface area contributed by atoms with E-state index in [-0.39, 0.29) is 10.8 Å². The van der Waals surface area contributed by atoms with Gasteiger partial charge in [-0.15, -0.1) is 11.6 Å². The van der Waals surface area contributed by atoms with Crippen molar-refractivity contribution in [2.75, 3.05) is 6.54 Å². The van der Waals surface area contributed by atoms with Gasteiger partial charge in [0.2, 0.25) is 10.0 Å². The normalized spacial score (nSPS) is 16.1. The van der Waals surface area contributed by atoms with Crippen LogP contribution in [0.1, 0.15) is 11.4 Å². The molecule has 0 unspecified atom stereocenters. The predicted octanol–water partition coefficient (Wildman–Crippen LogP) is 1.83. The maximum absolute atomic E-state index is 12.7. The summed E-state index contributed by atoms with van der Waals surface area (Å²) in [6.45, 7) is 1.37. The smallest absolute Gasteiger partial charge is 0.243 e. The average molecular weight is 312 g/mol. The zero-order valence-electron chi connectivity index (χ0n) is 10.7. The van der Waals surface area contributed by atoms with Gasteiger partial charge >= 0.3 is 0 Å². The number of imidazole rings is 1. The van der Waals surface area contributed by atoms with Gasteiger partial charge in [0.1, 0.15) is 5.82 Å². The lowest BCUT2D eigenvalue weighted by Crippen LogP contribution is -2.38. The fourth-order valence-electron chi connectivity index (χ4n) is 2.36. The van der Waals surface area contributed by atoms with E-state index in [4.69, 9.17) is 11.6 Å². The Hall–Kier alpha value is -1.37. The first kappa shape index (κ1) is 13.6. The molecule has 0 amide bonds. The number of nitrogens with zero attached hydrogens (tertiary/aromatic N) is 3. The molecule has 0 N–H and O–H groups in total. The molecule has 20 heavy (non-hydrogen) atoms. The summed E-state index contributed by atoms with van der Waals surface area (Å²) in [6.07, 6.45) is 3.56. The zero-order valence-corrected chi connectivity index (χ0v) is 12.3. The molecule has 106 valence electrons. The monoisotopic (exact) mass is 311 g/mol. The van der Waals surface area contributed by atoms with Crippen molar-refractivity contribution in [1.29, 1.82) is 0 Å². The number of fused-ring (bicyclic) bond motifs is 1. The third-order valence-electron chi connectivity index (χ3n) is 3.44. The van der Waals surface area contributed by atoms with E-state index in [1.807, 2.05) is 10.8 Å². The highest BCUT2D eigenvalue weighted by Gasteiger charge is 2.30. The molecule has 0 spiro atoms. The summed E-state index contributed by atoms with van der Waals surface area (Å²) in [7, 11) is -3.53. The average Bonchev–Trinajstić information content (AvgIpc) is 2.94. The van der Waals surface area contributed by atoms with E-state index in [1.165, 1.54) is 4.31 Å². The summed E-state index contributed by atoms with van der Waals surface area (Å²) in [4.78, 5) is 4.47. The number of rotatable bonds is 3. The van der Waals surface area contributed by atoms with Gasteiger partial charge in [-0.1, -0.05) is 18.2 Å². The summed E-state index contributed by atoms with van der Waals surface area (Å²) in [5.41, 5.74) is 0.628. The van der Waals surface area contributed by atoms with Crippen LogP contribution in [-0.4, -0.2) is 28.8 Å². The topological polar surface area (TPSA) is 55.2 Å². The van der Waals surface area contributed by atoms with Gasteiger partial charge in [0, 0.05) is 31.4 Å². The van der Waals surface area contributed by atoms with E-state index >= 15 is 0 Å². The molecular formula is C13H14ClN3O2S. The van der Waals surface area contributed by atoms with Gasteiger partial charge in [-0.25, -0.2) is 13.4 Å². The van der Waals surface area contributed by atoms with Crippen LogP contribution in [0.3, 0.4) is 0 Å². The standard InChI is InChI=1S/C13H14ClN3O2S/c14-9-11-3-1-2-4-12(11)20(18,19)17-8-7-16-6-5-15-13(16)10-17/h1-6H,7-10H2. The van der Waals surface area contributed by atoms with Crippen molar-refractivity contribution in [2.45, 2.75) is 23.9 Å². The highest BCUT2D eigenvalue weighted by molar-refractivity contribution is 7.89. The number of hydrogen-bond acceptors (Lipinski definition) is 3. The molecule has 0 atom stereocenters. The quantitative estimate of drug-likeness (QED) is 0.813. The van der Waals surface area contributed by atoms with Crippen LogP contribution in [0, 0.1) is 0 Å². The Morgan fingerprint density at radius 2 is 2.05 bits per heavy atom. The Bertz CT molecular complexity index is 727. The van der Waals surface area contributed by atoms with E-state index in [0.29, 0.717) is 25.2 Å². The third kappa shape index (κ3) is 2.24. The summed E-state index contributed by atoms with van der Waals surface area (Å²) in [5, 5.41) is 0. The van der Waals surface area contributed by atoms with Gasteiger partial charge in [0.05, 0.1) is 11.4 Å². The van der Waals surface area contributed by atoms with Crippen LogP contribution in [0.2, 0.25) is 0 Å². The molecule has 1 aromatic carbocycles. The lowest BCUT2D eigenvalue weighted by Gasteiger charge is -2.27. The molecule has 5 nitrogen and oxygen atoms in total. The molecule has 0 saturated heterocycles. The molecule has 3 rings (SSSR count). The molecule has 0 radical (unpaired) electrons. The van der Waals surface area contributed by atoms with Gasteiger partial charge in [-0.05, 0) is 11.6 Å². The van der Waals surface area contributed by atoms with Crippen LogP contribution in [0.4, 0.5) is 0 Å². The minimum Gasteiger partial charge on any atom is -0.333 e. The first-order chi connectivity index (χ1) is 9.63. The van der Waals surface area contributed by atoms with Crippen molar-refractivity contribution < 1.29 is 8.42 Å². The van der Waals surface area contributed by atoms with Crippen LogP contribution in [0.25, 0.3) is 0 Å². The fourth-order valence-corrected chi connectivity index (χ4v) is 4.28. The molecule has 2 aromatic rings. The highest BCUT2D eigenvalue weighted by atomic mass is 35.5. The minimum absolute atomic E-state index is 0.178. The molecule has 0 fully saturated rings. The molecule has 1 aliphatic rings. The van der Waals surface area contributed by atoms with E-state index in [1.54, 1.807) is 30.5 Å². The number of aromatic nitrogens is 2. The predicted molar refractivity (Wildman–Crippen MR) is 75.8 cm³/mol. The summed E-state index contributed by atoms with van der Waals surface area (Å²) in [5.74, 6) is 0.945. The van der Waals surface area contributed by atoms with E-state index in [2.05, 4.69) is 4.98 Å². The molecule has 0 saturated carbocycles. The Balaban J connectivity index is 1.97. The van der Waals surface area contributed by atoms with E-state index in [9.17, 15) is 8.42 Å². The van der Waals surface area contributed by atoms with Gasteiger partial charge in [0.15, 0.2) is 0 Å². The zero-order chi connectivity index (χ0) is 14.2. The number of benzene rings is 1. The molecule has 7 heteroatoms. The van der Waals surface area contributed by atoms with Crippen LogP contribution in [0.15, 0.2) is 41.6 Å². The van der Waals surface area contributed by atoms with E-state index in [0.717, 1.165) is 5.82 Å². The highest BCUT2D eigenvalue weighted by Crippen LogP contribution is 2.24. The summed E-state index contributed by atoms with van der Waals surface area (Å²) < 4.78 is 28.9. The summed E-state index contributed by atoms with van der Waals surface area (Å²) in [6, 6.07) is 6.85. The largest absolute Gasteiger partial charge is 0.333 e. The molecule has 1 aliphatic heterocycles. The third-order valence-corrected chi connectivity index (χ3v) is 5.68. The number of halogens is 1. The van der Waals surface area contributed by atoms with Crippen molar-refractivity contribution in [1.82, 2.24) is 13.9 Å². The number of hydrogen-bond donors (Lipinski definition) is 0. The van der Waals surface area contributed by atoms with Gasteiger partial charge in [-0.3, -0.25) is 0 Å². The van der Waals surface area contributed by atoms with E-state index < -0.39 is 10.0 Å². The van der Waals surface area contributed by atoms with Crippen molar-refractivity contribution in [3.63, 3.8) is 0 Å². The van der Waals surface area contributed by atoms with Crippen molar-refractivity contribution in [3.05, 3.63) is 48.0 Å². The molecule has 0 bridgehead atoms. The van der Waals surface area contributed by atoms with Gasteiger partial charge in [0.25, 0.3) is 0 Å². The summed E-state index contributed by atoms with van der Waals surface area (Å²) >= 11 is 5.84. The van der Waals surface area contributed by atoms with Crippen LogP contribution in [-0.2, 0) is 29.0 Å². The Labute approximate surface area is 122 Å². The first-order valence-electron chi connectivity index (χ1n) is 6.27. The van der Waals surface area contributed by atoms with Crippen molar-refractivity contribution in [2.24, 2.45) is 0 Å². The molecule has 1 aromatic heterocycles. The van der Waals surface area contributed by atoms with Crippen LogP contribution >= 0.6 is 11.6 Å². The Kier molecular flexibility index (Phi) is 3.54. The lowest BCUT2D eigenvalue weighted by molar-refractivity contribution is 0.335. The SMILES string of the molecule is O=S(=O)(c1ccccc1CCl)N1CCn2ccnc2C1. The molecule has 0 aliphatic carbocycles. The fraction of sp³-hybridized carbons (Fsp3) is 0.308. The second kappa shape index (κ2) is 5.20. The van der Waals surface area contributed by atoms with Gasteiger partial charge < -0.3 is 4.57 Å². The van der Waals surface area contributed by atoms with Gasteiger partial charge in [-0.2, -0.15) is 4.31 Å². The maximum atomic E-state index is 12.7. The first-order valence-corrected chi connectivity index (χ1v) is 8.24. The maximum Gasteiger partial charge on any atom is 0.243 e. The minimum atomic E-state index is -3.53. The number of alkyl halides is 1. The van der Waals surface area contributed by atoms with Crippen LogP contribution in [0.5, 0.6) is 0 Å². The molecule has 2 heterocycles. The van der Waals surface area contributed by atoms with Crippen LogP contribution < -0.4 is 0 Å². The Morgan fingerprint density at radius 3 is 2.85 bits per heavy atom. The second-order valence-corrected chi connectivity index (χ2v) is 6.79. The van der Waals surface area contributed by atoms with Crippen molar-refractivity contribution in [3.8, 4) is 0 Å². The molecular weight excluding hydrogens is 298 g/mol. The second-order valence-electron chi connectivity index (χ2n) is 4.62.